The highest BCUT2D eigenvalue weighted by atomic mass is 16.5. The average Bonchev–Trinajstić information content (AvgIpc) is 2.70. The lowest BCUT2D eigenvalue weighted by atomic mass is 10.0. The monoisotopic (exact) mass is 301 g/mol. The van der Waals surface area contributed by atoms with Crippen LogP contribution in [0.3, 0.4) is 0 Å². The molecule has 3 aliphatic rings. The van der Waals surface area contributed by atoms with Crippen LogP contribution in [0.2, 0.25) is 0 Å². The van der Waals surface area contributed by atoms with Gasteiger partial charge in [0.2, 0.25) is 0 Å². The van der Waals surface area contributed by atoms with Gasteiger partial charge in [-0.1, -0.05) is 6.07 Å². The van der Waals surface area contributed by atoms with Crippen LogP contribution < -0.4 is 5.73 Å². The van der Waals surface area contributed by atoms with Crippen LogP contribution in [-0.4, -0.2) is 60.0 Å². The van der Waals surface area contributed by atoms with Crippen molar-refractivity contribution < 1.29 is 14.3 Å². The zero-order valence-corrected chi connectivity index (χ0v) is 12.3. The number of likely N-dealkylation sites (tertiary alicyclic amines) is 1. The molecule has 2 fully saturated rings. The third-order valence-corrected chi connectivity index (χ3v) is 4.91. The van der Waals surface area contributed by atoms with Gasteiger partial charge in [0.25, 0.3) is 11.8 Å². The Morgan fingerprint density at radius 3 is 2.64 bits per heavy atom. The number of ether oxygens (including phenoxy) is 1. The molecule has 1 aromatic rings. The minimum absolute atomic E-state index is 0.0684. The molecular weight excluding hydrogens is 282 g/mol. The third kappa shape index (κ3) is 1.94. The number of nitrogens with two attached hydrogens (primary N) is 1. The summed E-state index contributed by atoms with van der Waals surface area (Å²) in [5, 5.41) is 0. The van der Waals surface area contributed by atoms with Crippen molar-refractivity contribution in [3.05, 3.63) is 29.3 Å². The topological polar surface area (TPSA) is 75.9 Å². The van der Waals surface area contributed by atoms with Crippen molar-refractivity contribution >= 4 is 17.5 Å². The molecule has 6 heteroatoms. The maximum absolute atomic E-state index is 12.7. The first kappa shape index (κ1) is 13.7. The first-order valence-electron chi connectivity index (χ1n) is 7.75. The largest absolute Gasteiger partial charge is 0.398 e. The molecule has 0 aliphatic carbocycles. The van der Waals surface area contributed by atoms with Gasteiger partial charge in [0.1, 0.15) is 0 Å². The Bertz CT molecular complexity index is 642. The van der Waals surface area contributed by atoms with Crippen molar-refractivity contribution in [2.45, 2.75) is 24.9 Å². The second-order valence-electron chi connectivity index (χ2n) is 6.23. The molecule has 6 nitrogen and oxygen atoms in total. The standard InChI is InChI=1S/C16H19N3O3/c17-13-5-1-4-12-14(13)16(21)19(15(12)20)10-3-2-6-18(7-10)11-8-22-9-11/h1,4-5,10-11H,2-3,6-9,17H2/t10-/m0/s1. The summed E-state index contributed by atoms with van der Waals surface area (Å²) in [6.07, 6.45) is 1.85. The Kier molecular flexibility index (Phi) is 3.16. The van der Waals surface area contributed by atoms with Gasteiger partial charge in [-0.25, -0.2) is 0 Å². The Morgan fingerprint density at radius 2 is 1.95 bits per heavy atom. The molecule has 22 heavy (non-hydrogen) atoms. The van der Waals surface area contributed by atoms with Crippen LogP contribution in [0.5, 0.6) is 0 Å². The molecule has 3 aliphatic heterocycles. The van der Waals surface area contributed by atoms with Crippen molar-refractivity contribution in [1.29, 1.82) is 0 Å². The number of imide groups is 1. The van der Waals surface area contributed by atoms with Gasteiger partial charge in [-0.2, -0.15) is 0 Å². The number of piperidine rings is 1. The molecule has 116 valence electrons. The number of nitrogens with zero attached hydrogens (tertiary/aromatic N) is 2. The van der Waals surface area contributed by atoms with Gasteiger partial charge < -0.3 is 10.5 Å². The van der Waals surface area contributed by atoms with Crippen molar-refractivity contribution in [3.8, 4) is 0 Å². The predicted molar refractivity (Wildman–Crippen MR) is 80.6 cm³/mol. The predicted octanol–water partition coefficient (Wildman–Crippen LogP) is 0.728. The maximum atomic E-state index is 12.7. The lowest BCUT2D eigenvalue weighted by Gasteiger charge is -2.43. The van der Waals surface area contributed by atoms with Crippen LogP contribution in [0.25, 0.3) is 0 Å². The van der Waals surface area contributed by atoms with Gasteiger partial charge in [0.05, 0.1) is 36.4 Å². The van der Waals surface area contributed by atoms with E-state index in [9.17, 15) is 9.59 Å². The first-order chi connectivity index (χ1) is 10.7. The van der Waals surface area contributed by atoms with Crippen LogP contribution in [0.1, 0.15) is 33.6 Å². The van der Waals surface area contributed by atoms with E-state index in [2.05, 4.69) is 4.90 Å². The minimum Gasteiger partial charge on any atom is -0.398 e. The quantitative estimate of drug-likeness (QED) is 0.644. The number of anilines is 1. The fraction of sp³-hybridized carbons (Fsp3) is 0.500. The molecule has 0 saturated carbocycles. The number of carbonyl (C=O) groups is 2. The number of nitrogen functional groups attached to an aromatic ring is 1. The van der Waals surface area contributed by atoms with Crippen molar-refractivity contribution in [2.75, 3.05) is 32.0 Å². The van der Waals surface area contributed by atoms with Crippen LogP contribution in [0, 0.1) is 0 Å². The van der Waals surface area contributed by atoms with E-state index in [4.69, 9.17) is 10.5 Å². The van der Waals surface area contributed by atoms with Crippen LogP contribution in [-0.2, 0) is 4.74 Å². The van der Waals surface area contributed by atoms with Gasteiger partial charge in [0.15, 0.2) is 0 Å². The number of hydrogen-bond donors (Lipinski definition) is 1. The van der Waals surface area contributed by atoms with Gasteiger partial charge >= 0.3 is 0 Å². The summed E-state index contributed by atoms with van der Waals surface area (Å²) in [5.41, 5.74) is 7.09. The maximum Gasteiger partial charge on any atom is 0.263 e. The third-order valence-electron chi connectivity index (χ3n) is 4.91. The highest BCUT2D eigenvalue weighted by Gasteiger charge is 2.43. The Morgan fingerprint density at radius 1 is 1.14 bits per heavy atom. The van der Waals surface area contributed by atoms with Crippen molar-refractivity contribution in [3.63, 3.8) is 0 Å². The summed E-state index contributed by atoms with van der Waals surface area (Å²) in [5.74, 6) is -0.446. The number of amides is 2. The summed E-state index contributed by atoms with van der Waals surface area (Å²) >= 11 is 0. The summed E-state index contributed by atoms with van der Waals surface area (Å²) in [6.45, 7) is 3.25. The summed E-state index contributed by atoms with van der Waals surface area (Å²) in [4.78, 5) is 29.1. The van der Waals surface area contributed by atoms with Crippen molar-refractivity contribution in [2.24, 2.45) is 0 Å². The number of benzene rings is 1. The van der Waals surface area contributed by atoms with Crippen LogP contribution >= 0.6 is 0 Å². The molecule has 0 unspecified atom stereocenters. The first-order valence-corrected chi connectivity index (χ1v) is 7.75. The molecule has 0 radical (unpaired) electrons. The van der Waals surface area contributed by atoms with E-state index in [1.54, 1.807) is 18.2 Å². The van der Waals surface area contributed by atoms with Crippen molar-refractivity contribution in [1.82, 2.24) is 9.80 Å². The van der Waals surface area contributed by atoms with Crippen LogP contribution in [0.15, 0.2) is 18.2 Å². The highest BCUT2D eigenvalue weighted by molar-refractivity contribution is 6.23. The van der Waals surface area contributed by atoms with E-state index in [-0.39, 0.29) is 17.9 Å². The zero-order valence-electron chi connectivity index (χ0n) is 12.3. The van der Waals surface area contributed by atoms with E-state index in [1.165, 1.54) is 4.90 Å². The molecule has 3 heterocycles. The second kappa shape index (κ2) is 5.07. The fourth-order valence-corrected chi connectivity index (χ4v) is 3.62. The van der Waals surface area contributed by atoms with E-state index in [0.717, 1.165) is 39.1 Å². The lowest BCUT2D eigenvalue weighted by Crippen LogP contribution is -2.57. The molecule has 2 saturated heterocycles. The fourth-order valence-electron chi connectivity index (χ4n) is 3.62. The van der Waals surface area contributed by atoms with Gasteiger partial charge in [0, 0.05) is 12.2 Å². The number of rotatable bonds is 2. The molecule has 0 spiro atoms. The smallest absolute Gasteiger partial charge is 0.263 e. The molecule has 1 aromatic carbocycles. The lowest BCUT2D eigenvalue weighted by molar-refractivity contribution is -0.0767. The molecule has 0 bridgehead atoms. The molecular formula is C16H19N3O3. The molecule has 1 atom stereocenters. The van der Waals surface area contributed by atoms with Gasteiger partial charge in [-0.15, -0.1) is 0 Å². The van der Waals surface area contributed by atoms with Gasteiger partial charge in [-0.3, -0.25) is 19.4 Å². The molecule has 0 aromatic heterocycles. The number of fused-ring (bicyclic) bond motifs is 1. The number of carbonyl (C=O) groups excluding carboxylic acids is 2. The Labute approximate surface area is 128 Å². The normalized spacial score (nSPS) is 26.2. The highest BCUT2D eigenvalue weighted by Crippen LogP contribution is 2.32. The number of hydrogen-bond acceptors (Lipinski definition) is 5. The zero-order chi connectivity index (χ0) is 15.3. The van der Waals surface area contributed by atoms with E-state index >= 15 is 0 Å². The van der Waals surface area contributed by atoms with E-state index < -0.39 is 0 Å². The molecule has 4 rings (SSSR count). The average molecular weight is 301 g/mol. The molecule has 2 N–H and O–H groups in total. The summed E-state index contributed by atoms with van der Waals surface area (Å²) in [7, 11) is 0. The Balaban J connectivity index is 1.59. The van der Waals surface area contributed by atoms with Crippen LogP contribution in [0.4, 0.5) is 5.69 Å². The minimum atomic E-state index is -0.241. The SMILES string of the molecule is Nc1cccc2c1C(=O)N([C@H]1CCCN(C3COC3)C1)C2=O. The Hall–Kier alpha value is -1.92. The summed E-state index contributed by atoms with van der Waals surface area (Å²) < 4.78 is 5.25. The van der Waals surface area contributed by atoms with Gasteiger partial charge in [-0.05, 0) is 31.5 Å². The van der Waals surface area contributed by atoms with E-state index in [1.807, 2.05) is 0 Å². The van der Waals surface area contributed by atoms with E-state index in [0.29, 0.717) is 22.9 Å². The second-order valence-corrected chi connectivity index (χ2v) is 6.23. The summed E-state index contributed by atoms with van der Waals surface area (Å²) in [6, 6.07) is 5.45. The molecule has 2 amide bonds.